The predicted molar refractivity (Wildman–Crippen MR) is 85.6 cm³/mol. The van der Waals surface area contributed by atoms with Crippen LogP contribution >= 0.6 is 0 Å². The van der Waals surface area contributed by atoms with Crippen molar-refractivity contribution >= 4 is 11.6 Å². The molecule has 3 rings (SSSR count). The van der Waals surface area contributed by atoms with E-state index >= 15 is 0 Å². The standard InChI is InChI=1S/C17H21N3O3/c1-12-18-16(23-19-12)6-3-7-17(21)20-10-4-5-13-11-14(22-2)8-9-15(13)20/h8-9,11H,3-7,10H2,1-2H3. The number of fused-ring (bicyclic) bond motifs is 1. The van der Waals surface area contributed by atoms with Crippen LogP contribution in [0.3, 0.4) is 0 Å². The summed E-state index contributed by atoms with van der Waals surface area (Å²) >= 11 is 0. The molecule has 0 radical (unpaired) electrons. The van der Waals surface area contributed by atoms with Gasteiger partial charge in [-0.25, -0.2) is 0 Å². The fourth-order valence-electron chi connectivity index (χ4n) is 2.93. The summed E-state index contributed by atoms with van der Waals surface area (Å²) < 4.78 is 10.3. The van der Waals surface area contributed by atoms with Crippen molar-refractivity contribution in [1.29, 1.82) is 0 Å². The minimum absolute atomic E-state index is 0.146. The second kappa shape index (κ2) is 6.81. The van der Waals surface area contributed by atoms with Gasteiger partial charge in [-0.2, -0.15) is 4.98 Å². The van der Waals surface area contributed by atoms with E-state index in [1.54, 1.807) is 14.0 Å². The van der Waals surface area contributed by atoms with Gasteiger partial charge in [-0.05, 0) is 49.9 Å². The first-order chi connectivity index (χ1) is 11.2. The van der Waals surface area contributed by atoms with E-state index in [9.17, 15) is 4.79 Å². The molecule has 122 valence electrons. The number of methoxy groups -OCH3 is 1. The lowest BCUT2D eigenvalue weighted by molar-refractivity contribution is -0.118. The van der Waals surface area contributed by atoms with Gasteiger partial charge in [0.05, 0.1) is 7.11 Å². The third-order valence-corrected chi connectivity index (χ3v) is 4.06. The molecule has 6 nitrogen and oxygen atoms in total. The van der Waals surface area contributed by atoms with Crippen LogP contribution in [-0.2, 0) is 17.6 Å². The largest absolute Gasteiger partial charge is 0.497 e. The number of carbonyl (C=O) groups is 1. The van der Waals surface area contributed by atoms with E-state index in [1.165, 1.54) is 5.56 Å². The average molecular weight is 315 g/mol. The molecule has 2 aromatic rings. The number of carbonyl (C=O) groups excluding carboxylic acids is 1. The van der Waals surface area contributed by atoms with Crippen LogP contribution < -0.4 is 9.64 Å². The molecule has 1 amide bonds. The molecule has 0 spiro atoms. The van der Waals surface area contributed by atoms with E-state index in [-0.39, 0.29) is 5.91 Å². The highest BCUT2D eigenvalue weighted by Gasteiger charge is 2.22. The summed E-state index contributed by atoms with van der Waals surface area (Å²) in [6, 6.07) is 5.91. The normalized spacial score (nSPS) is 13.7. The van der Waals surface area contributed by atoms with E-state index in [1.807, 2.05) is 23.1 Å². The zero-order valence-corrected chi connectivity index (χ0v) is 13.5. The monoisotopic (exact) mass is 315 g/mol. The maximum absolute atomic E-state index is 12.5. The minimum atomic E-state index is 0.146. The van der Waals surface area contributed by atoms with Crippen LogP contribution in [0.15, 0.2) is 22.7 Å². The lowest BCUT2D eigenvalue weighted by atomic mass is 10.0. The number of rotatable bonds is 5. The summed E-state index contributed by atoms with van der Waals surface area (Å²) in [6.07, 6.45) is 3.79. The summed E-state index contributed by atoms with van der Waals surface area (Å²) in [7, 11) is 1.66. The van der Waals surface area contributed by atoms with Gasteiger partial charge >= 0.3 is 0 Å². The predicted octanol–water partition coefficient (Wildman–Crippen LogP) is 2.69. The van der Waals surface area contributed by atoms with Gasteiger partial charge in [-0.3, -0.25) is 4.79 Å². The van der Waals surface area contributed by atoms with Crippen LogP contribution in [0, 0.1) is 6.92 Å². The van der Waals surface area contributed by atoms with Gasteiger partial charge in [0, 0.05) is 25.1 Å². The highest BCUT2D eigenvalue weighted by atomic mass is 16.5. The van der Waals surface area contributed by atoms with E-state index in [0.717, 1.165) is 30.8 Å². The van der Waals surface area contributed by atoms with Crippen molar-refractivity contribution in [2.45, 2.75) is 39.0 Å². The molecule has 1 aromatic carbocycles. The summed E-state index contributed by atoms with van der Waals surface area (Å²) in [5, 5.41) is 3.76. The Morgan fingerprint density at radius 3 is 3.04 bits per heavy atom. The van der Waals surface area contributed by atoms with Gasteiger partial charge in [-0.15, -0.1) is 0 Å². The van der Waals surface area contributed by atoms with E-state index in [0.29, 0.717) is 31.0 Å². The molecule has 1 aliphatic heterocycles. The maximum Gasteiger partial charge on any atom is 0.226 e. The number of ether oxygens (including phenoxy) is 1. The van der Waals surface area contributed by atoms with Crippen molar-refractivity contribution in [1.82, 2.24) is 10.1 Å². The molecule has 1 aliphatic rings. The molecular weight excluding hydrogens is 294 g/mol. The first kappa shape index (κ1) is 15.5. The second-order valence-corrected chi connectivity index (χ2v) is 5.73. The van der Waals surface area contributed by atoms with Crippen molar-refractivity contribution in [3.05, 3.63) is 35.5 Å². The zero-order valence-electron chi connectivity index (χ0n) is 13.5. The first-order valence-corrected chi connectivity index (χ1v) is 7.94. The summed E-state index contributed by atoms with van der Waals surface area (Å²) in [5.41, 5.74) is 2.19. The Morgan fingerprint density at radius 1 is 1.43 bits per heavy atom. The number of hydrogen-bond acceptors (Lipinski definition) is 5. The van der Waals surface area contributed by atoms with Crippen molar-refractivity contribution < 1.29 is 14.1 Å². The Bertz CT molecular complexity index is 696. The molecule has 23 heavy (non-hydrogen) atoms. The molecule has 6 heteroatoms. The molecule has 0 atom stereocenters. The Morgan fingerprint density at radius 2 is 2.30 bits per heavy atom. The lowest BCUT2D eigenvalue weighted by Crippen LogP contribution is -2.35. The smallest absolute Gasteiger partial charge is 0.226 e. The fraction of sp³-hybridized carbons (Fsp3) is 0.471. The zero-order chi connectivity index (χ0) is 16.2. The highest BCUT2D eigenvalue weighted by molar-refractivity contribution is 5.94. The van der Waals surface area contributed by atoms with Crippen LogP contribution in [0.4, 0.5) is 5.69 Å². The Labute approximate surface area is 135 Å². The SMILES string of the molecule is COc1ccc2c(c1)CCCN2C(=O)CCCc1nc(C)no1. The Balaban J connectivity index is 1.62. The lowest BCUT2D eigenvalue weighted by Gasteiger charge is -2.29. The number of aromatic nitrogens is 2. The van der Waals surface area contributed by atoms with Crippen molar-refractivity contribution in [2.24, 2.45) is 0 Å². The summed E-state index contributed by atoms with van der Waals surface area (Å²) in [6.45, 7) is 2.56. The number of aryl methyl sites for hydroxylation is 3. The Hall–Kier alpha value is -2.37. The van der Waals surface area contributed by atoms with E-state index in [4.69, 9.17) is 9.26 Å². The van der Waals surface area contributed by atoms with Crippen LogP contribution in [0.1, 0.15) is 36.5 Å². The molecule has 0 saturated heterocycles. The van der Waals surface area contributed by atoms with E-state index in [2.05, 4.69) is 10.1 Å². The number of amides is 1. The van der Waals surface area contributed by atoms with Gasteiger partial charge < -0.3 is 14.2 Å². The van der Waals surface area contributed by atoms with Gasteiger partial charge in [0.1, 0.15) is 5.75 Å². The number of benzene rings is 1. The quantitative estimate of drug-likeness (QED) is 0.848. The molecule has 0 bridgehead atoms. The third-order valence-electron chi connectivity index (χ3n) is 4.06. The van der Waals surface area contributed by atoms with Gasteiger partial charge in [0.25, 0.3) is 0 Å². The minimum Gasteiger partial charge on any atom is -0.497 e. The van der Waals surface area contributed by atoms with Crippen LogP contribution in [0.5, 0.6) is 5.75 Å². The summed E-state index contributed by atoms with van der Waals surface area (Å²) in [5.74, 6) is 2.21. The van der Waals surface area contributed by atoms with Gasteiger partial charge in [-0.1, -0.05) is 5.16 Å². The first-order valence-electron chi connectivity index (χ1n) is 7.94. The number of anilines is 1. The van der Waals surface area contributed by atoms with Crippen molar-refractivity contribution in [3.63, 3.8) is 0 Å². The molecule has 0 N–H and O–H groups in total. The third kappa shape index (κ3) is 3.52. The molecule has 0 saturated carbocycles. The van der Waals surface area contributed by atoms with Crippen LogP contribution in [-0.4, -0.2) is 29.7 Å². The van der Waals surface area contributed by atoms with Gasteiger partial charge in [0.15, 0.2) is 5.82 Å². The van der Waals surface area contributed by atoms with Crippen molar-refractivity contribution in [2.75, 3.05) is 18.6 Å². The molecule has 1 aromatic heterocycles. The number of hydrogen-bond donors (Lipinski definition) is 0. The second-order valence-electron chi connectivity index (χ2n) is 5.73. The van der Waals surface area contributed by atoms with E-state index < -0.39 is 0 Å². The summed E-state index contributed by atoms with van der Waals surface area (Å²) in [4.78, 5) is 18.6. The molecule has 0 unspecified atom stereocenters. The average Bonchev–Trinajstić information content (AvgIpc) is 2.99. The number of nitrogens with zero attached hydrogens (tertiary/aromatic N) is 3. The molecular formula is C17H21N3O3. The molecule has 0 aliphatic carbocycles. The highest BCUT2D eigenvalue weighted by Crippen LogP contribution is 2.31. The molecule has 2 heterocycles. The fourth-order valence-corrected chi connectivity index (χ4v) is 2.93. The van der Waals surface area contributed by atoms with Crippen molar-refractivity contribution in [3.8, 4) is 5.75 Å². The molecule has 0 fully saturated rings. The Kier molecular flexibility index (Phi) is 4.60. The van der Waals surface area contributed by atoms with Crippen LogP contribution in [0.2, 0.25) is 0 Å². The maximum atomic E-state index is 12.5. The topological polar surface area (TPSA) is 68.5 Å². The van der Waals surface area contributed by atoms with Crippen LogP contribution in [0.25, 0.3) is 0 Å². The van der Waals surface area contributed by atoms with Gasteiger partial charge in [0.2, 0.25) is 11.8 Å².